The summed E-state index contributed by atoms with van der Waals surface area (Å²) in [6, 6.07) is 3.47. The number of aromatic carboxylic acids is 1. The van der Waals surface area contributed by atoms with Gasteiger partial charge in [-0.05, 0) is 18.2 Å². The van der Waals surface area contributed by atoms with Crippen molar-refractivity contribution in [3.8, 4) is 0 Å². The van der Waals surface area contributed by atoms with Crippen LogP contribution in [0.5, 0.6) is 0 Å². The molecule has 0 saturated heterocycles. The molecule has 1 rings (SSSR count). The second-order valence-corrected chi connectivity index (χ2v) is 3.93. The Balaban J connectivity index is 2.82. The summed E-state index contributed by atoms with van der Waals surface area (Å²) in [5.41, 5.74) is 0.000747. The number of carboxylic acids is 1. The van der Waals surface area contributed by atoms with E-state index >= 15 is 0 Å². The van der Waals surface area contributed by atoms with Gasteiger partial charge in [0.25, 0.3) is 0 Å². The molecule has 0 fully saturated rings. The number of hydrogen-bond acceptors (Lipinski definition) is 3. The average molecular weight is 243 g/mol. The molecule has 0 bridgehead atoms. The lowest BCUT2D eigenvalue weighted by Crippen LogP contribution is -2.19. The molecule has 0 unspecified atom stereocenters. The van der Waals surface area contributed by atoms with Crippen LogP contribution in [0, 0.1) is 5.82 Å². The van der Waals surface area contributed by atoms with E-state index in [9.17, 15) is 14.0 Å². The first-order valence-electron chi connectivity index (χ1n) is 4.41. The molecule has 2 N–H and O–H groups in total. The third kappa shape index (κ3) is 3.23. The van der Waals surface area contributed by atoms with Gasteiger partial charge in [-0.1, -0.05) is 0 Å². The molecular formula is C10H10FNO3S. The number of amides is 1. The summed E-state index contributed by atoms with van der Waals surface area (Å²) in [7, 11) is 1.48. The Morgan fingerprint density at radius 3 is 2.75 bits per heavy atom. The molecule has 0 aliphatic rings. The molecule has 1 aromatic rings. The van der Waals surface area contributed by atoms with E-state index in [1.165, 1.54) is 19.2 Å². The molecule has 0 spiro atoms. The number of thioether (sulfide) groups is 1. The lowest BCUT2D eigenvalue weighted by Gasteiger charge is -2.03. The van der Waals surface area contributed by atoms with Gasteiger partial charge in [-0.3, -0.25) is 4.79 Å². The van der Waals surface area contributed by atoms with Crippen molar-refractivity contribution in [2.75, 3.05) is 12.8 Å². The summed E-state index contributed by atoms with van der Waals surface area (Å²) in [4.78, 5) is 21.7. The Morgan fingerprint density at radius 2 is 2.19 bits per heavy atom. The van der Waals surface area contributed by atoms with Gasteiger partial charge in [-0.15, -0.1) is 11.8 Å². The molecule has 0 atom stereocenters. The molecule has 1 amide bonds. The Bertz CT molecular complexity index is 423. The van der Waals surface area contributed by atoms with Crippen molar-refractivity contribution < 1.29 is 19.1 Å². The van der Waals surface area contributed by atoms with Gasteiger partial charge in [-0.2, -0.15) is 0 Å². The number of carbonyl (C=O) groups excluding carboxylic acids is 1. The minimum atomic E-state index is -1.12. The van der Waals surface area contributed by atoms with Crippen molar-refractivity contribution in [1.29, 1.82) is 0 Å². The maximum absolute atomic E-state index is 13.2. The molecule has 0 heterocycles. The fraction of sp³-hybridized carbons (Fsp3) is 0.200. The van der Waals surface area contributed by atoms with Gasteiger partial charge in [-0.25, -0.2) is 9.18 Å². The number of benzene rings is 1. The molecule has 0 aliphatic heterocycles. The summed E-state index contributed by atoms with van der Waals surface area (Å²) in [5.74, 6) is -1.85. The van der Waals surface area contributed by atoms with E-state index in [1.54, 1.807) is 0 Å². The number of carbonyl (C=O) groups is 2. The number of hydrogen-bond donors (Lipinski definition) is 2. The largest absolute Gasteiger partial charge is 0.478 e. The van der Waals surface area contributed by atoms with Gasteiger partial charge in [0.05, 0.1) is 11.3 Å². The number of nitrogens with one attached hydrogen (secondary N) is 1. The van der Waals surface area contributed by atoms with E-state index < -0.39 is 11.8 Å². The second-order valence-electron chi connectivity index (χ2n) is 2.91. The van der Waals surface area contributed by atoms with Gasteiger partial charge in [0.15, 0.2) is 0 Å². The first-order valence-corrected chi connectivity index (χ1v) is 5.39. The van der Waals surface area contributed by atoms with Crippen LogP contribution in [0.2, 0.25) is 0 Å². The van der Waals surface area contributed by atoms with E-state index in [4.69, 9.17) is 5.11 Å². The number of carboxylic acid groups (broad SMARTS) is 1. The van der Waals surface area contributed by atoms with Crippen LogP contribution >= 0.6 is 11.8 Å². The molecule has 0 aromatic heterocycles. The zero-order valence-corrected chi connectivity index (χ0v) is 9.31. The van der Waals surface area contributed by atoms with Crippen LogP contribution in [0.15, 0.2) is 23.1 Å². The highest BCUT2D eigenvalue weighted by molar-refractivity contribution is 8.00. The summed E-state index contributed by atoms with van der Waals surface area (Å²) in [6.45, 7) is 0. The van der Waals surface area contributed by atoms with Gasteiger partial charge in [0, 0.05) is 11.9 Å². The molecular weight excluding hydrogens is 233 g/mol. The van der Waals surface area contributed by atoms with E-state index in [-0.39, 0.29) is 22.1 Å². The smallest absolute Gasteiger partial charge is 0.335 e. The van der Waals surface area contributed by atoms with Gasteiger partial charge in [0.2, 0.25) is 5.91 Å². The molecule has 0 aliphatic carbocycles. The minimum absolute atomic E-state index is 0.000747. The highest BCUT2D eigenvalue weighted by Gasteiger charge is 2.10. The van der Waals surface area contributed by atoms with Crippen LogP contribution in [-0.2, 0) is 4.79 Å². The fourth-order valence-corrected chi connectivity index (χ4v) is 1.81. The Morgan fingerprint density at radius 1 is 1.50 bits per heavy atom. The summed E-state index contributed by atoms with van der Waals surface area (Å²) < 4.78 is 13.2. The summed E-state index contributed by atoms with van der Waals surface area (Å²) in [5, 5.41) is 11.1. The molecule has 0 saturated carbocycles. The topological polar surface area (TPSA) is 66.4 Å². The third-order valence-corrected chi connectivity index (χ3v) is 2.85. The van der Waals surface area contributed by atoms with Crippen LogP contribution in [0.4, 0.5) is 4.39 Å². The Hall–Kier alpha value is -1.56. The number of halogens is 1. The highest BCUT2D eigenvalue weighted by atomic mass is 32.2. The second kappa shape index (κ2) is 5.50. The normalized spacial score (nSPS) is 9.88. The molecule has 0 radical (unpaired) electrons. The Labute approximate surface area is 95.8 Å². The van der Waals surface area contributed by atoms with Crippen LogP contribution in [0.1, 0.15) is 10.4 Å². The SMILES string of the molecule is CNC(=O)CSc1cc(C(=O)O)ccc1F. The van der Waals surface area contributed by atoms with E-state index in [2.05, 4.69) is 5.32 Å². The predicted molar refractivity (Wildman–Crippen MR) is 58.2 cm³/mol. The van der Waals surface area contributed by atoms with E-state index in [0.717, 1.165) is 17.8 Å². The van der Waals surface area contributed by atoms with Crippen LogP contribution in [-0.4, -0.2) is 29.8 Å². The van der Waals surface area contributed by atoms with E-state index in [0.29, 0.717) is 0 Å². The quantitative estimate of drug-likeness (QED) is 0.784. The zero-order valence-electron chi connectivity index (χ0n) is 8.49. The molecule has 1 aromatic carbocycles. The first kappa shape index (κ1) is 12.5. The first-order chi connectivity index (χ1) is 7.54. The summed E-state index contributed by atoms with van der Waals surface area (Å²) in [6.07, 6.45) is 0. The van der Waals surface area contributed by atoms with Crippen LogP contribution < -0.4 is 5.32 Å². The van der Waals surface area contributed by atoms with Crippen molar-refractivity contribution in [2.45, 2.75) is 4.90 Å². The van der Waals surface area contributed by atoms with Crippen molar-refractivity contribution >= 4 is 23.6 Å². The molecule has 4 nitrogen and oxygen atoms in total. The lowest BCUT2D eigenvalue weighted by molar-refractivity contribution is -0.118. The van der Waals surface area contributed by atoms with Crippen molar-refractivity contribution in [2.24, 2.45) is 0 Å². The van der Waals surface area contributed by atoms with Crippen molar-refractivity contribution in [1.82, 2.24) is 5.32 Å². The van der Waals surface area contributed by atoms with Crippen molar-refractivity contribution in [3.63, 3.8) is 0 Å². The van der Waals surface area contributed by atoms with Gasteiger partial charge < -0.3 is 10.4 Å². The van der Waals surface area contributed by atoms with E-state index in [1.807, 2.05) is 0 Å². The van der Waals surface area contributed by atoms with Crippen molar-refractivity contribution in [3.05, 3.63) is 29.6 Å². The van der Waals surface area contributed by atoms with Gasteiger partial charge >= 0.3 is 5.97 Å². The monoisotopic (exact) mass is 243 g/mol. The molecule has 16 heavy (non-hydrogen) atoms. The standard InChI is InChI=1S/C10H10FNO3S/c1-12-9(13)5-16-8-4-6(10(14)15)2-3-7(8)11/h2-4H,5H2,1H3,(H,12,13)(H,14,15). The zero-order chi connectivity index (χ0) is 12.1. The lowest BCUT2D eigenvalue weighted by atomic mass is 10.2. The highest BCUT2D eigenvalue weighted by Crippen LogP contribution is 2.22. The third-order valence-electron chi connectivity index (χ3n) is 1.82. The summed E-state index contributed by atoms with van der Waals surface area (Å²) >= 11 is 0.961. The maximum atomic E-state index is 13.2. The van der Waals surface area contributed by atoms with Crippen LogP contribution in [0.3, 0.4) is 0 Å². The molecule has 6 heteroatoms. The maximum Gasteiger partial charge on any atom is 0.335 e. The Kier molecular flexibility index (Phi) is 4.30. The average Bonchev–Trinajstić information content (AvgIpc) is 2.27. The minimum Gasteiger partial charge on any atom is -0.478 e. The predicted octanol–water partition coefficient (Wildman–Crippen LogP) is 1.36. The van der Waals surface area contributed by atoms with Gasteiger partial charge in [0.1, 0.15) is 5.82 Å². The van der Waals surface area contributed by atoms with Crippen LogP contribution in [0.25, 0.3) is 0 Å². The number of rotatable bonds is 4. The fourth-order valence-electron chi connectivity index (χ4n) is 0.962. The molecule has 86 valence electrons.